The zero-order chi connectivity index (χ0) is 46.3. The van der Waals surface area contributed by atoms with Gasteiger partial charge in [0.25, 0.3) is 0 Å². The van der Waals surface area contributed by atoms with E-state index in [1.54, 1.807) is 0 Å². The largest absolute Gasteiger partial charge is 0.462 e. The van der Waals surface area contributed by atoms with Crippen molar-refractivity contribution in [3.63, 3.8) is 0 Å². The van der Waals surface area contributed by atoms with Gasteiger partial charge in [-0.25, -0.2) is 0 Å². The summed E-state index contributed by atoms with van der Waals surface area (Å²) in [6.45, 7) is 4.18. The van der Waals surface area contributed by atoms with E-state index in [0.29, 0.717) is 12.8 Å². The molecule has 0 bridgehead atoms. The van der Waals surface area contributed by atoms with Gasteiger partial charge in [-0.3, -0.25) is 9.59 Å². The monoisotopic (exact) mass is 905 g/mol. The Morgan fingerprint density at radius 2 is 0.484 bits per heavy atom. The molecule has 0 saturated heterocycles. The van der Waals surface area contributed by atoms with Gasteiger partial charge in [0.15, 0.2) is 6.10 Å². The van der Waals surface area contributed by atoms with Crippen molar-refractivity contribution in [2.45, 2.75) is 354 Å². The molecule has 64 heavy (non-hydrogen) atoms. The second-order valence-corrected chi connectivity index (χ2v) is 20.4. The number of esters is 2. The van der Waals surface area contributed by atoms with E-state index in [1.807, 2.05) is 0 Å². The molecule has 0 aromatic heterocycles. The van der Waals surface area contributed by atoms with Crippen LogP contribution in [-0.4, -0.2) is 36.4 Å². The summed E-state index contributed by atoms with van der Waals surface area (Å²) < 4.78 is 10.7. The van der Waals surface area contributed by atoms with E-state index in [4.69, 9.17) is 9.47 Å². The zero-order valence-corrected chi connectivity index (χ0v) is 43.8. The molecule has 1 N–H and O–H groups in total. The number of hydrogen-bond acceptors (Lipinski definition) is 5. The lowest BCUT2D eigenvalue weighted by atomic mass is 10.0. The third kappa shape index (κ3) is 53.5. The van der Waals surface area contributed by atoms with E-state index in [-0.39, 0.29) is 25.2 Å². The van der Waals surface area contributed by atoms with Gasteiger partial charge in [0, 0.05) is 12.8 Å². The minimum Gasteiger partial charge on any atom is -0.462 e. The van der Waals surface area contributed by atoms with Crippen LogP contribution in [0.25, 0.3) is 0 Å². The molecule has 0 spiro atoms. The maximum Gasteiger partial charge on any atom is 0.306 e. The summed E-state index contributed by atoms with van der Waals surface area (Å²) in [5, 5.41) is 9.60. The second-order valence-electron chi connectivity index (χ2n) is 20.4. The van der Waals surface area contributed by atoms with Crippen molar-refractivity contribution in [3.05, 3.63) is 0 Å². The van der Waals surface area contributed by atoms with Crippen LogP contribution in [0.1, 0.15) is 348 Å². The molecule has 5 nitrogen and oxygen atoms in total. The molecule has 0 aliphatic carbocycles. The third-order valence-corrected chi connectivity index (χ3v) is 13.9. The quantitative estimate of drug-likeness (QED) is 0.0486. The Kier molecular flexibility index (Phi) is 55.3. The molecule has 0 amide bonds. The highest BCUT2D eigenvalue weighted by Gasteiger charge is 2.16. The van der Waals surface area contributed by atoms with Crippen LogP contribution in [0.5, 0.6) is 0 Å². The first-order valence-electron chi connectivity index (χ1n) is 29.6. The molecule has 0 rings (SSSR count). The Balaban J connectivity index is 3.30. The summed E-state index contributed by atoms with van der Waals surface area (Å²) >= 11 is 0. The van der Waals surface area contributed by atoms with Crippen LogP contribution in [-0.2, 0) is 19.1 Å². The lowest BCUT2D eigenvalue weighted by Gasteiger charge is -2.15. The van der Waals surface area contributed by atoms with E-state index in [2.05, 4.69) is 13.8 Å². The van der Waals surface area contributed by atoms with Crippen LogP contribution in [0.15, 0.2) is 0 Å². The topological polar surface area (TPSA) is 72.8 Å². The van der Waals surface area contributed by atoms with Crippen molar-refractivity contribution >= 4 is 11.9 Å². The first-order valence-corrected chi connectivity index (χ1v) is 29.6. The van der Waals surface area contributed by atoms with Gasteiger partial charge in [0.1, 0.15) is 6.61 Å². The number of rotatable bonds is 56. The molecule has 5 heteroatoms. The van der Waals surface area contributed by atoms with Gasteiger partial charge in [-0.15, -0.1) is 0 Å². The summed E-state index contributed by atoms with van der Waals surface area (Å²) in [7, 11) is 0. The number of carbonyl (C=O) groups excluding carboxylic acids is 2. The average molecular weight is 906 g/mol. The minimum atomic E-state index is -0.763. The Hall–Kier alpha value is -1.10. The maximum atomic E-state index is 12.3. The standard InChI is InChI=1S/C59H116O5/c1-3-5-7-9-11-13-15-16-17-18-19-20-21-22-23-24-25-26-27-28-29-30-31-32-33-34-35-36-37-38-39-40-41-42-44-46-48-50-52-54-59(62)64-57(55-60)56-63-58(61)53-51-49-47-45-43-14-12-10-8-6-4-2/h57,60H,3-56H2,1-2H3. The third-order valence-electron chi connectivity index (χ3n) is 13.9. The van der Waals surface area contributed by atoms with E-state index in [0.717, 1.165) is 32.1 Å². The highest BCUT2D eigenvalue weighted by Crippen LogP contribution is 2.19. The molecule has 1 atom stereocenters. The highest BCUT2D eigenvalue weighted by molar-refractivity contribution is 5.70. The molecule has 0 aliphatic heterocycles. The molecule has 0 aromatic carbocycles. The molecule has 0 aromatic rings. The summed E-state index contributed by atoms with van der Waals surface area (Å²) in [5.41, 5.74) is 0. The molecule has 0 aliphatic rings. The van der Waals surface area contributed by atoms with Crippen LogP contribution in [0, 0.1) is 0 Å². The SMILES string of the molecule is CCCCCCCCCCCCCCCCCCCCCCCCCCCCCCCCCCCCCCCCCC(=O)OC(CO)COC(=O)CCCCCCCCCCCCC. The van der Waals surface area contributed by atoms with Gasteiger partial charge in [0.2, 0.25) is 0 Å². The van der Waals surface area contributed by atoms with Crippen molar-refractivity contribution in [1.29, 1.82) is 0 Å². The fourth-order valence-electron chi connectivity index (χ4n) is 9.44. The van der Waals surface area contributed by atoms with Crippen molar-refractivity contribution in [3.8, 4) is 0 Å². The predicted molar refractivity (Wildman–Crippen MR) is 279 cm³/mol. The van der Waals surface area contributed by atoms with Gasteiger partial charge >= 0.3 is 11.9 Å². The first kappa shape index (κ1) is 62.9. The first-order chi connectivity index (χ1) is 31.6. The highest BCUT2D eigenvalue weighted by atomic mass is 16.6. The van der Waals surface area contributed by atoms with Gasteiger partial charge in [-0.2, -0.15) is 0 Å². The smallest absolute Gasteiger partial charge is 0.306 e. The predicted octanol–water partition coefficient (Wildman–Crippen LogP) is 19.8. The van der Waals surface area contributed by atoms with Crippen LogP contribution < -0.4 is 0 Å². The molecule has 382 valence electrons. The Bertz CT molecular complexity index is 891. The van der Waals surface area contributed by atoms with Crippen molar-refractivity contribution in [1.82, 2.24) is 0 Å². The zero-order valence-electron chi connectivity index (χ0n) is 43.8. The van der Waals surface area contributed by atoms with Crippen molar-refractivity contribution < 1.29 is 24.2 Å². The van der Waals surface area contributed by atoms with Crippen molar-refractivity contribution in [2.24, 2.45) is 0 Å². The number of aliphatic hydroxyl groups excluding tert-OH is 1. The van der Waals surface area contributed by atoms with Gasteiger partial charge in [-0.1, -0.05) is 322 Å². The molecule has 1 unspecified atom stereocenters. The van der Waals surface area contributed by atoms with Crippen molar-refractivity contribution in [2.75, 3.05) is 13.2 Å². The summed E-state index contributed by atoms with van der Waals surface area (Å²) in [6, 6.07) is 0. The number of aliphatic hydroxyl groups is 1. The van der Waals surface area contributed by atoms with Gasteiger partial charge in [0.05, 0.1) is 6.61 Å². The van der Waals surface area contributed by atoms with Crippen LogP contribution in [0.3, 0.4) is 0 Å². The molecule has 0 heterocycles. The van der Waals surface area contributed by atoms with Crippen LogP contribution in [0.4, 0.5) is 0 Å². The fourth-order valence-corrected chi connectivity index (χ4v) is 9.44. The normalized spacial score (nSPS) is 12.0. The van der Waals surface area contributed by atoms with Crippen LogP contribution >= 0.6 is 0 Å². The average Bonchev–Trinajstić information content (AvgIpc) is 3.30. The molecular formula is C59H116O5. The molecule has 0 radical (unpaired) electrons. The summed E-state index contributed by atoms with van der Waals surface area (Å²) in [4.78, 5) is 24.4. The summed E-state index contributed by atoms with van der Waals surface area (Å²) in [5.74, 6) is -0.570. The van der Waals surface area contributed by atoms with E-state index >= 15 is 0 Å². The maximum absolute atomic E-state index is 12.3. The number of unbranched alkanes of at least 4 members (excludes halogenated alkanes) is 48. The molecular weight excluding hydrogens is 789 g/mol. The van der Waals surface area contributed by atoms with E-state index in [1.165, 1.54) is 289 Å². The summed E-state index contributed by atoms with van der Waals surface area (Å²) in [6.07, 6.45) is 68.4. The lowest BCUT2D eigenvalue weighted by Crippen LogP contribution is -2.28. The lowest BCUT2D eigenvalue weighted by molar-refractivity contribution is -0.161. The Morgan fingerprint density at radius 1 is 0.297 bits per heavy atom. The molecule has 0 saturated carbocycles. The Morgan fingerprint density at radius 3 is 0.688 bits per heavy atom. The number of hydrogen-bond donors (Lipinski definition) is 1. The molecule has 0 fully saturated rings. The number of ether oxygens (including phenoxy) is 2. The minimum absolute atomic E-state index is 0.0567. The number of carbonyl (C=O) groups is 2. The van der Waals surface area contributed by atoms with Crippen LogP contribution in [0.2, 0.25) is 0 Å². The van der Waals surface area contributed by atoms with Gasteiger partial charge < -0.3 is 14.6 Å². The fraction of sp³-hybridized carbons (Fsp3) is 0.966. The second kappa shape index (κ2) is 56.2. The van der Waals surface area contributed by atoms with E-state index in [9.17, 15) is 14.7 Å². The van der Waals surface area contributed by atoms with Gasteiger partial charge in [-0.05, 0) is 12.8 Å². The Labute approximate surface area is 401 Å². The van der Waals surface area contributed by atoms with E-state index < -0.39 is 6.10 Å².